The monoisotopic (exact) mass is 250 g/mol. The smallest absolute Gasteiger partial charge is 0.191 e. The standard InChI is InChI=1S/C10H14N6S/c11-8-6-9(12)15-10(14-8)17-5-1-3-16-4-2-13-7-16/h2,4,6-7H,1,3,5H2,(H4,11,12,14,15). The molecule has 0 aliphatic heterocycles. The summed E-state index contributed by atoms with van der Waals surface area (Å²) in [5.74, 6) is 1.74. The van der Waals surface area contributed by atoms with Crippen molar-refractivity contribution >= 4 is 23.4 Å². The summed E-state index contributed by atoms with van der Waals surface area (Å²) in [6.45, 7) is 0.935. The number of hydrogen-bond donors (Lipinski definition) is 2. The maximum atomic E-state index is 5.58. The molecule has 0 aliphatic carbocycles. The van der Waals surface area contributed by atoms with Gasteiger partial charge < -0.3 is 16.0 Å². The second kappa shape index (κ2) is 5.53. The van der Waals surface area contributed by atoms with E-state index < -0.39 is 0 Å². The second-order valence-corrected chi connectivity index (χ2v) is 4.56. The largest absolute Gasteiger partial charge is 0.383 e. The van der Waals surface area contributed by atoms with Crippen LogP contribution in [0, 0.1) is 0 Å². The molecule has 2 aromatic heterocycles. The van der Waals surface area contributed by atoms with Crippen LogP contribution in [0.4, 0.5) is 11.6 Å². The Balaban J connectivity index is 1.78. The Morgan fingerprint density at radius 2 is 2.00 bits per heavy atom. The normalized spacial score (nSPS) is 10.6. The molecule has 0 radical (unpaired) electrons. The van der Waals surface area contributed by atoms with E-state index in [1.807, 2.05) is 10.8 Å². The molecule has 2 aromatic rings. The molecule has 0 atom stereocenters. The van der Waals surface area contributed by atoms with Gasteiger partial charge in [-0.25, -0.2) is 15.0 Å². The average Bonchev–Trinajstić information content (AvgIpc) is 2.76. The first-order valence-electron chi connectivity index (χ1n) is 5.22. The summed E-state index contributed by atoms with van der Waals surface area (Å²) >= 11 is 1.55. The zero-order valence-corrected chi connectivity index (χ0v) is 10.1. The molecule has 0 spiro atoms. The van der Waals surface area contributed by atoms with Gasteiger partial charge in [-0.05, 0) is 6.42 Å². The molecule has 2 rings (SSSR count). The van der Waals surface area contributed by atoms with Crippen LogP contribution in [-0.2, 0) is 6.54 Å². The third-order valence-corrected chi connectivity index (χ3v) is 3.03. The van der Waals surface area contributed by atoms with Crippen LogP contribution in [0.5, 0.6) is 0 Å². The average molecular weight is 250 g/mol. The summed E-state index contributed by atoms with van der Waals surface area (Å²) in [7, 11) is 0. The molecule has 17 heavy (non-hydrogen) atoms. The first kappa shape index (κ1) is 11.7. The van der Waals surface area contributed by atoms with E-state index in [0.29, 0.717) is 16.8 Å². The van der Waals surface area contributed by atoms with Crippen molar-refractivity contribution in [2.24, 2.45) is 0 Å². The number of imidazole rings is 1. The predicted octanol–water partition coefficient (Wildman–Crippen LogP) is 1.02. The van der Waals surface area contributed by atoms with Crippen LogP contribution in [-0.4, -0.2) is 25.3 Å². The summed E-state index contributed by atoms with van der Waals surface area (Å²) < 4.78 is 2.04. The number of aryl methyl sites for hydroxylation is 1. The fourth-order valence-corrected chi connectivity index (χ4v) is 2.15. The summed E-state index contributed by atoms with van der Waals surface area (Å²) in [5.41, 5.74) is 11.2. The van der Waals surface area contributed by atoms with E-state index in [-0.39, 0.29) is 0 Å². The fraction of sp³-hybridized carbons (Fsp3) is 0.300. The fourth-order valence-electron chi connectivity index (χ4n) is 1.36. The van der Waals surface area contributed by atoms with E-state index in [2.05, 4.69) is 15.0 Å². The van der Waals surface area contributed by atoms with Crippen molar-refractivity contribution < 1.29 is 0 Å². The SMILES string of the molecule is Nc1cc(N)nc(SCCCn2ccnc2)n1. The maximum Gasteiger partial charge on any atom is 0.191 e. The molecule has 90 valence electrons. The van der Waals surface area contributed by atoms with E-state index >= 15 is 0 Å². The van der Waals surface area contributed by atoms with Gasteiger partial charge in [-0.15, -0.1) is 0 Å². The Hall–Kier alpha value is -1.76. The Bertz CT molecular complexity index is 449. The first-order valence-corrected chi connectivity index (χ1v) is 6.21. The molecule has 6 nitrogen and oxygen atoms in total. The van der Waals surface area contributed by atoms with Gasteiger partial charge in [0, 0.05) is 30.8 Å². The molecule has 7 heteroatoms. The van der Waals surface area contributed by atoms with E-state index in [0.717, 1.165) is 18.7 Å². The zero-order valence-electron chi connectivity index (χ0n) is 9.28. The second-order valence-electron chi connectivity index (χ2n) is 3.50. The summed E-state index contributed by atoms with van der Waals surface area (Å²) in [4.78, 5) is 12.2. The van der Waals surface area contributed by atoms with Gasteiger partial charge in [0.15, 0.2) is 5.16 Å². The van der Waals surface area contributed by atoms with Crippen molar-refractivity contribution in [3.63, 3.8) is 0 Å². The van der Waals surface area contributed by atoms with E-state index in [9.17, 15) is 0 Å². The number of nitrogen functional groups attached to an aromatic ring is 2. The number of nitrogens with zero attached hydrogens (tertiary/aromatic N) is 4. The van der Waals surface area contributed by atoms with Crippen molar-refractivity contribution in [3.05, 3.63) is 24.8 Å². The summed E-state index contributed by atoms with van der Waals surface area (Å²) in [5, 5.41) is 0.633. The molecule has 0 fully saturated rings. The van der Waals surface area contributed by atoms with Crippen LogP contribution in [0.1, 0.15) is 6.42 Å². The van der Waals surface area contributed by atoms with Crippen LogP contribution in [0.25, 0.3) is 0 Å². The highest BCUT2D eigenvalue weighted by Gasteiger charge is 2.01. The van der Waals surface area contributed by atoms with Crippen LogP contribution >= 0.6 is 11.8 Å². The minimum Gasteiger partial charge on any atom is -0.383 e. The van der Waals surface area contributed by atoms with Crippen LogP contribution in [0.3, 0.4) is 0 Å². The van der Waals surface area contributed by atoms with Gasteiger partial charge in [-0.2, -0.15) is 0 Å². The first-order chi connectivity index (χ1) is 8.24. The number of anilines is 2. The highest BCUT2D eigenvalue weighted by Crippen LogP contribution is 2.17. The lowest BCUT2D eigenvalue weighted by Crippen LogP contribution is -2.00. The van der Waals surface area contributed by atoms with Crippen molar-refractivity contribution in [3.8, 4) is 0 Å². The van der Waals surface area contributed by atoms with Crippen LogP contribution < -0.4 is 11.5 Å². The van der Waals surface area contributed by atoms with Gasteiger partial charge in [0.05, 0.1) is 6.33 Å². The Labute approximate surface area is 103 Å². The minimum absolute atomic E-state index is 0.412. The van der Waals surface area contributed by atoms with Crippen LogP contribution in [0.15, 0.2) is 29.9 Å². The lowest BCUT2D eigenvalue weighted by molar-refractivity contribution is 0.683. The Kier molecular flexibility index (Phi) is 3.81. The highest BCUT2D eigenvalue weighted by atomic mass is 32.2. The van der Waals surface area contributed by atoms with Crippen molar-refractivity contribution in [1.82, 2.24) is 19.5 Å². The number of thioether (sulfide) groups is 1. The Morgan fingerprint density at radius 1 is 1.24 bits per heavy atom. The van der Waals surface area contributed by atoms with Gasteiger partial charge in [0.25, 0.3) is 0 Å². The quantitative estimate of drug-likeness (QED) is 0.467. The van der Waals surface area contributed by atoms with Gasteiger partial charge in [0.2, 0.25) is 0 Å². The Morgan fingerprint density at radius 3 is 2.65 bits per heavy atom. The number of rotatable bonds is 5. The molecule has 4 N–H and O–H groups in total. The molecule has 0 saturated carbocycles. The zero-order chi connectivity index (χ0) is 12.1. The number of aromatic nitrogens is 4. The lowest BCUT2D eigenvalue weighted by atomic mass is 10.5. The maximum absolute atomic E-state index is 5.58. The third-order valence-electron chi connectivity index (χ3n) is 2.10. The molecule has 0 unspecified atom stereocenters. The molecule has 0 aliphatic rings. The van der Waals surface area contributed by atoms with Gasteiger partial charge in [-0.1, -0.05) is 11.8 Å². The van der Waals surface area contributed by atoms with Crippen LogP contribution in [0.2, 0.25) is 0 Å². The molecular formula is C10H14N6S. The number of hydrogen-bond acceptors (Lipinski definition) is 6. The molecule has 0 aromatic carbocycles. The topological polar surface area (TPSA) is 95.6 Å². The molecule has 2 heterocycles. The molecule has 0 saturated heterocycles. The van der Waals surface area contributed by atoms with Crippen molar-refractivity contribution in [1.29, 1.82) is 0 Å². The molecular weight excluding hydrogens is 236 g/mol. The predicted molar refractivity (Wildman–Crippen MR) is 68.4 cm³/mol. The van der Waals surface area contributed by atoms with Crippen molar-refractivity contribution in [2.45, 2.75) is 18.1 Å². The van der Waals surface area contributed by atoms with Crippen molar-refractivity contribution in [2.75, 3.05) is 17.2 Å². The highest BCUT2D eigenvalue weighted by molar-refractivity contribution is 7.99. The van der Waals surface area contributed by atoms with E-state index in [1.165, 1.54) is 0 Å². The van der Waals surface area contributed by atoms with Gasteiger partial charge in [-0.3, -0.25) is 0 Å². The number of nitrogens with two attached hydrogens (primary N) is 2. The van der Waals surface area contributed by atoms with E-state index in [1.54, 1.807) is 30.4 Å². The third kappa shape index (κ3) is 3.63. The molecule has 0 bridgehead atoms. The lowest BCUT2D eigenvalue weighted by Gasteiger charge is -2.03. The minimum atomic E-state index is 0.412. The van der Waals surface area contributed by atoms with Gasteiger partial charge >= 0.3 is 0 Å². The van der Waals surface area contributed by atoms with Gasteiger partial charge in [0.1, 0.15) is 11.6 Å². The summed E-state index contributed by atoms with van der Waals surface area (Å²) in [6.07, 6.45) is 6.53. The van der Waals surface area contributed by atoms with E-state index in [4.69, 9.17) is 11.5 Å². The summed E-state index contributed by atoms with van der Waals surface area (Å²) in [6, 6.07) is 1.55. The molecule has 0 amide bonds.